The zero-order chi connectivity index (χ0) is 42.1. The second-order valence-corrected chi connectivity index (χ2v) is 23.3. The molecule has 0 unspecified atom stereocenters. The average Bonchev–Trinajstić information content (AvgIpc) is 3.78. The van der Waals surface area contributed by atoms with Gasteiger partial charge in [-0.3, -0.25) is 0 Å². The van der Waals surface area contributed by atoms with Crippen molar-refractivity contribution in [3.8, 4) is 22.3 Å². The van der Waals surface area contributed by atoms with Gasteiger partial charge in [0.25, 0.3) is 0 Å². The molecule has 0 aliphatic carbocycles. The molecule has 0 bridgehead atoms. The zero-order valence-corrected chi connectivity index (χ0v) is 41.6. The molecule has 2 heterocycles. The number of benzene rings is 4. The minimum absolute atomic E-state index is 0.192. The third kappa shape index (κ3) is 11.5. The van der Waals surface area contributed by atoms with E-state index in [9.17, 15) is 0 Å². The Bertz CT molecular complexity index is 2010. The Hall–Kier alpha value is -2.30. The molecule has 6 aromatic carbocycles. The molecule has 0 N–H and O–H groups in total. The summed E-state index contributed by atoms with van der Waals surface area (Å²) in [7, 11) is 11.0. The standard InChI is InChI=1S/2C25H29O.C2H6Si.2ClH.Zr/c2*1-5-25(16-26-17-25)15-18-13-20-7-6-8-22(23(20)14-18)19-9-11-21(12-10-19)24(2,3)4;1-3-2;;;/h2*6-14H,5,15-17H2,1-4H3;1-2H3;2*1H;/q2*-1;;;;+4/p-2. The third-order valence-corrected chi connectivity index (χ3v) is 12.0. The molecule has 0 amide bonds. The van der Waals surface area contributed by atoms with Crippen LogP contribution in [-0.4, -0.2) is 35.9 Å². The van der Waals surface area contributed by atoms with Gasteiger partial charge in [0.05, 0.1) is 26.4 Å². The van der Waals surface area contributed by atoms with E-state index in [4.69, 9.17) is 26.5 Å². The first-order valence-corrected chi connectivity index (χ1v) is 29.3. The van der Waals surface area contributed by atoms with Gasteiger partial charge in [-0.05, 0) is 58.8 Å². The van der Waals surface area contributed by atoms with E-state index in [1.165, 1.54) is 78.9 Å². The number of rotatable bonds is 8. The van der Waals surface area contributed by atoms with Crippen molar-refractivity contribution in [3.63, 3.8) is 0 Å². The quantitative estimate of drug-likeness (QED) is 0.112. The van der Waals surface area contributed by atoms with Crippen LogP contribution in [0.25, 0.3) is 43.8 Å². The molecule has 2 saturated heterocycles. The Labute approximate surface area is 371 Å². The molecule has 2 fully saturated rings. The molecule has 2 radical (unpaired) electrons. The average molecular weight is 911 g/mol. The summed E-state index contributed by atoms with van der Waals surface area (Å²) in [5, 5.41) is 5.45. The summed E-state index contributed by atoms with van der Waals surface area (Å²) in [6.45, 7) is 26.1. The van der Waals surface area contributed by atoms with Gasteiger partial charge in [0.15, 0.2) is 0 Å². The summed E-state index contributed by atoms with van der Waals surface area (Å²) in [4.78, 5) is 0. The van der Waals surface area contributed by atoms with Gasteiger partial charge in [0.1, 0.15) is 0 Å². The summed E-state index contributed by atoms with van der Waals surface area (Å²) < 4.78 is 11.0. The molecule has 0 atom stereocenters. The normalized spacial score (nSPS) is 15.4. The number of fused-ring (bicyclic) bond motifs is 2. The number of ether oxygens (including phenoxy) is 2. The van der Waals surface area contributed by atoms with E-state index in [-0.39, 0.29) is 10.8 Å². The van der Waals surface area contributed by atoms with E-state index in [0.717, 1.165) is 48.8 Å². The predicted molar refractivity (Wildman–Crippen MR) is 251 cm³/mol. The van der Waals surface area contributed by atoms with Gasteiger partial charge in [0, 0.05) is 20.3 Å². The molecule has 6 aromatic rings. The zero-order valence-electron chi connectivity index (χ0n) is 36.6. The molecule has 306 valence electrons. The van der Waals surface area contributed by atoms with Gasteiger partial charge in [-0.2, -0.15) is 12.1 Å². The summed E-state index contributed by atoms with van der Waals surface area (Å²) in [6.07, 6.45) is 4.63. The second kappa shape index (κ2) is 20.5. The predicted octanol–water partition coefficient (Wildman–Crippen LogP) is 15.1. The van der Waals surface area contributed by atoms with Crippen LogP contribution in [0, 0.1) is 10.8 Å². The van der Waals surface area contributed by atoms with Crippen LogP contribution in [-0.2, 0) is 54.0 Å². The molecular formula is C52H64Cl2O2SiZr. The van der Waals surface area contributed by atoms with E-state index in [1.54, 1.807) is 0 Å². The van der Waals surface area contributed by atoms with Crippen LogP contribution in [0.15, 0.2) is 109 Å². The van der Waals surface area contributed by atoms with Crippen LogP contribution in [0.4, 0.5) is 0 Å². The van der Waals surface area contributed by atoms with Crippen molar-refractivity contribution in [2.75, 3.05) is 26.4 Å². The monoisotopic (exact) mass is 908 g/mol. The van der Waals surface area contributed by atoms with E-state index in [1.807, 2.05) is 0 Å². The number of hydrogen-bond donors (Lipinski definition) is 0. The maximum absolute atomic E-state index is 5.51. The number of hydrogen-bond acceptors (Lipinski definition) is 2. The number of halogens is 2. The van der Waals surface area contributed by atoms with Gasteiger partial charge in [0.2, 0.25) is 0 Å². The maximum atomic E-state index is 5.51. The summed E-state index contributed by atoms with van der Waals surface area (Å²) in [6, 6.07) is 41.1. The first-order valence-electron chi connectivity index (χ1n) is 20.9. The minimum atomic E-state index is -0.826. The van der Waals surface area contributed by atoms with Crippen LogP contribution < -0.4 is 0 Å². The van der Waals surface area contributed by atoms with Gasteiger partial charge >= 0.3 is 37.9 Å². The molecule has 2 aliphatic heterocycles. The fraction of sp³-hybridized carbons (Fsp3) is 0.423. The molecule has 2 nitrogen and oxygen atoms in total. The molecule has 58 heavy (non-hydrogen) atoms. The topological polar surface area (TPSA) is 18.5 Å². The molecule has 0 spiro atoms. The van der Waals surface area contributed by atoms with E-state index in [2.05, 4.69) is 178 Å². The first-order chi connectivity index (χ1) is 27.6. The van der Waals surface area contributed by atoms with E-state index < -0.39 is 20.8 Å². The third-order valence-electron chi connectivity index (χ3n) is 12.0. The second-order valence-electron chi connectivity index (χ2n) is 18.6. The molecule has 6 heteroatoms. The molecule has 2 aliphatic rings. The van der Waals surface area contributed by atoms with E-state index >= 15 is 0 Å². The summed E-state index contributed by atoms with van der Waals surface area (Å²) >= 11 is -0.826. The van der Waals surface area contributed by atoms with Gasteiger partial charge < -0.3 is 9.47 Å². The Morgan fingerprint density at radius 1 is 0.586 bits per heavy atom. The van der Waals surface area contributed by atoms with E-state index in [0.29, 0.717) is 10.8 Å². The van der Waals surface area contributed by atoms with Crippen LogP contribution in [0.3, 0.4) is 0 Å². The summed E-state index contributed by atoms with van der Waals surface area (Å²) in [5.41, 5.74) is 12.0. The Morgan fingerprint density at radius 2 is 0.914 bits per heavy atom. The fourth-order valence-corrected chi connectivity index (χ4v) is 8.11. The van der Waals surface area contributed by atoms with Crippen molar-refractivity contribution in [2.24, 2.45) is 10.8 Å². The van der Waals surface area contributed by atoms with Crippen LogP contribution in [0.1, 0.15) is 90.5 Å². The Balaban J connectivity index is 0.000000195. The Kier molecular flexibility index (Phi) is 16.5. The summed E-state index contributed by atoms with van der Waals surface area (Å²) in [5.74, 6) is 0. The first kappa shape index (κ1) is 46.8. The molecular weight excluding hydrogens is 847 g/mol. The van der Waals surface area contributed by atoms with Crippen LogP contribution >= 0.6 is 17.0 Å². The van der Waals surface area contributed by atoms with Crippen molar-refractivity contribution in [2.45, 2.75) is 105 Å². The molecule has 0 saturated carbocycles. The van der Waals surface area contributed by atoms with Crippen LogP contribution in [0.2, 0.25) is 13.1 Å². The van der Waals surface area contributed by atoms with Gasteiger partial charge in [-0.25, -0.2) is 0 Å². The van der Waals surface area contributed by atoms with Gasteiger partial charge in [-0.15, -0.1) is 69.1 Å². The van der Waals surface area contributed by atoms with Crippen molar-refractivity contribution in [1.29, 1.82) is 0 Å². The SMILES string of the molecule is CCC1(Cc2cc3c(-c4ccc(C(C)(C)C)cc4)cccc3[cH-]2)COC1.CCC1(Cc2cc3c(-c4ccc(C(C)(C)C)cc4)cccc3[cH-]2)COC1.C[Si]C.[Cl][Zr+2][Cl]. The van der Waals surface area contributed by atoms with Crippen molar-refractivity contribution in [1.82, 2.24) is 0 Å². The van der Waals surface area contributed by atoms with Crippen LogP contribution in [0.5, 0.6) is 0 Å². The molecule has 0 aromatic heterocycles. The van der Waals surface area contributed by atoms with Crippen molar-refractivity contribution >= 4 is 48.1 Å². The van der Waals surface area contributed by atoms with Crippen molar-refractivity contribution in [3.05, 3.63) is 131 Å². The Morgan fingerprint density at radius 3 is 1.17 bits per heavy atom. The fourth-order valence-electron chi connectivity index (χ4n) is 8.11. The molecule has 8 rings (SSSR count). The van der Waals surface area contributed by atoms with Gasteiger partial charge in [-0.1, -0.05) is 140 Å². The van der Waals surface area contributed by atoms with Crippen molar-refractivity contribution < 1.29 is 30.3 Å².